The summed E-state index contributed by atoms with van der Waals surface area (Å²) < 4.78 is 0. The summed E-state index contributed by atoms with van der Waals surface area (Å²) in [6, 6.07) is 8.69. The molecule has 0 saturated heterocycles. The zero-order valence-corrected chi connectivity index (χ0v) is 11.7. The van der Waals surface area contributed by atoms with Gasteiger partial charge in [-0.15, -0.1) is 0 Å². The summed E-state index contributed by atoms with van der Waals surface area (Å²) in [6.07, 6.45) is 10.1. The molecule has 1 heterocycles. The number of benzene rings is 1. The van der Waals surface area contributed by atoms with Crippen LogP contribution in [0.15, 0.2) is 24.3 Å². The molecule has 0 unspecified atom stereocenters. The van der Waals surface area contributed by atoms with Gasteiger partial charge in [0.1, 0.15) is 5.84 Å². The van der Waals surface area contributed by atoms with Crippen LogP contribution in [0, 0.1) is 11.3 Å². The zero-order chi connectivity index (χ0) is 13.1. The van der Waals surface area contributed by atoms with Crippen molar-refractivity contribution in [1.29, 1.82) is 5.41 Å². The van der Waals surface area contributed by atoms with Gasteiger partial charge in [0.05, 0.1) is 0 Å². The number of hydrogen-bond donors (Lipinski definition) is 1. The maximum absolute atomic E-state index is 8.63. The van der Waals surface area contributed by atoms with E-state index in [0.29, 0.717) is 5.92 Å². The molecule has 1 fully saturated rings. The Balaban J connectivity index is 1.84. The molecule has 2 nitrogen and oxygen atoms in total. The lowest BCUT2D eigenvalue weighted by Gasteiger charge is -2.32. The van der Waals surface area contributed by atoms with E-state index in [4.69, 9.17) is 5.41 Å². The summed E-state index contributed by atoms with van der Waals surface area (Å²) in [6.45, 7) is 1.03. The molecule has 0 radical (unpaired) electrons. The molecule has 0 bridgehead atoms. The molecule has 1 aromatic carbocycles. The lowest BCUT2D eigenvalue weighted by molar-refractivity contribution is 0.434. The second-order valence-electron chi connectivity index (χ2n) is 5.96. The van der Waals surface area contributed by atoms with Crippen molar-refractivity contribution in [3.8, 4) is 0 Å². The summed E-state index contributed by atoms with van der Waals surface area (Å²) in [5, 5.41) is 8.63. The van der Waals surface area contributed by atoms with E-state index in [1.165, 1.54) is 62.6 Å². The van der Waals surface area contributed by atoms with Crippen molar-refractivity contribution < 1.29 is 0 Å². The third-order valence-corrected chi connectivity index (χ3v) is 4.64. The zero-order valence-electron chi connectivity index (χ0n) is 11.7. The van der Waals surface area contributed by atoms with Crippen LogP contribution in [0.3, 0.4) is 0 Å². The highest BCUT2D eigenvalue weighted by atomic mass is 15.2. The van der Waals surface area contributed by atoms with Gasteiger partial charge in [-0.3, -0.25) is 5.41 Å². The lowest BCUT2D eigenvalue weighted by Crippen LogP contribution is -2.37. The van der Waals surface area contributed by atoms with Crippen molar-refractivity contribution in [2.45, 2.75) is 51.4 Å². The number of fused-ring (bicyclic) bond motifs is 1. The molecule has 3 rings (SSSR count). The Morgan fingerprint density at radius 2 is 1.79 bits per heavy atom. The van der Waals surface area contributed by atoms with Gasteiger partial charge in [-0.25, -0.2) is 0 Å². The summed E-state index contributed by atoms with van der Waals surface area (Å²) in [4.78, 5) is 2.30. The quantitative estimate of drug-likeness (QED) is 0.585. The minimum Gasteiger partial charge on any atom is -0.330 e. The van der Waals surface area contributed by atoms with Crippen LogP contribution in [-0.2, 0) is 6.42 Å². The lowest BCUT2D eigenvalue weighted by atomic mass is 9.87. The number of amidine groups is 1. The van der Waals surface area contributed by atoms with Crippen molar-refractivity contribution in [3.63, 3.8) is 0 Å². The van der Waals surface area contributed by atoms with E-state index in [2.05, 4.69) is 29.2 Å². The summed E-state index contributed by atoms with van der Waals surface area (Å²) in [7, 11) is 0. The molecule has 1 aliphatic heterocycles. The van der Waals surface area contributed by atoms with E-state index in [1.54, 1.807) is 0 Å². The smallest absolute Gasteiger partial charge is 0.103 e. The summed E-state index contributed by atoms with van der Waals surface area (Å²) >= 11 is 0. The normalized spacial score (nSPS) is 20.7. The van der Waals surface area contributed by atoms with Gasteiger partial charge in [0.15, 0.2) is 0 Å². The molecular weight excluding hydrogens is 232 g/mol. The van der Waals surface area contributed by atoms with Crippen molar-refractivity contribution in [1.82, 2.24) is 0 Å². The van der Waals surface area contributed by atoms with Gasteiger partial charge in [0.25, 0.3) is 0 Å². The van der Waals surface area contributed by atoms with Crippen LogP contribution in [0.2, 0.25) is 0 Å². The van der Waals surface area contributed by atoms with Crippen LogP contribution in [0.1, 0.15) is 50.5 Å². The van der Waals surface area contributed by atoms with Gasteiger partial charge in [-0.05, 0) is 43.7 Å². The number of anilines is 1. The SMILES string of the molecule is N=C(C1CCCCC1)N1CCCCc2ccccc21. The van der Waals surface area contributed by atoms with Crippen LogP contribution in [-0.4, -0.2) is 12.4 Å². The maximum Gasteiger partial charge on any atom is 0.103 e. The highest BCUT2D eigenvalue weighted by molar-refractivity contribution is 5.98. The standard InChI is InChI=1S/C17H24N2/c18-17(15-10-2-1-3-11-15)19-13-7-6-9-14-8-4-5-12-16(14)19/h4-5,8,12,15,18H,1-3,6-7,9-11,13H2. The third kappa shape index (κ3) is 2.68. The monoisotopic (exact) mass is 256 g/mol. The molecule has 19 heavy (non-hydrogen) atoms. The van der Waals surface area contributed by atoms with Crippen molar-refractivity contribution >= 4 is 11.5 Å². The fraction of sp³-hybridized carbons (Fsp3) is 0.588. The van der Waals surface area contributed by atoms with Crippen LogP contribution in [0.25, 0.3) is 0 Å². The highest BCUT2D eigenvalue weighted by Crippen LogP contribution is 2.31. The van der Waals surface area contributed by atoms with Crippen LogP contribution in [0.5, 0.6) is 0 Å². The molecule has 0 atom stereocenters. The number of aryl methyl sites for hydroxylation is 1. The fourth-order valence-electron chi connectivity index (χ4n) is 3.54. The Kier molecular flexibility index (Phi) is 3.86. The predicted octanol–water partition coefficient (Wildman–Crippen LogP) is 4.39. The Morgan fingerprint density at radius 1 is 1.00 bits per heavy atom. The molecule has 1 aliphatic carbocycles. The van der Waals surface area contributed by atoms with E-state index < -0.39 is 0 Å². The fourth-order valence-corrected chi connectivity index (χ4v) is 3.54. The minimum absolute atomic E-state index is 0.500. The van der Waals surface area contributed by atoms with E-state index in [-0.39, 0.29) is 0 Å². The molecule has 2 heteroatoms. The molecule has 1 N–H and O–H groups in total. The van der Waals surface area contributed by atoms with Gasteiger partial charge in [0.2, 0.25) is 0 Å². The van der Waals surface area contributed by atoms with Crippen LogP contribution in [0.4, 0.5) is 5.69 Å². The largest absolute Gasteiger partial charge is 0.330 e. The molecule has 1 saturated carbocycles. The van der Waals surface area contributed by atoms with E-state index >= 15 is 0 Å². The average molecular weight is 256 g/mol. The molecular formula is C17H24N2. The van der Waals surface area contributed by atoms with Crippen molar-refractivity contribution in [3.05, 3.63) is 29.8 Å². The van der Waals surface area contributed by atoms with Gasteiger partial charge >= 0.3 is 0 Å². The maximum atomic E-state index is 8.63. The summed E-state index contributed by atoms with van der Waals surface area (Å²) in [5.41, 5.74) is 2.73. The first-order valence-electron chi connectivity index (χ1n) is 7.80. The number of nitrogens with one attached hydrogen (secondary N) is 1. The first-order chi connectivity index (χ1) is 9.36. The van der Waals surface area contributed by atoms with E-state index in [1.807, 2.05) is 0 Å². The molecule has 1 aromatic rings. The summed E-state index contributed by atoms with van der Waals surface area (Å²) in [5.74, 6) is 1.38. The van der Waals surface area contributed by atoms with Crippen LogP contribution < -0.4 is 4.90 Å². The second kappa shape index (κ2) is 5.77. The number of rotatable bonds is 1. The topological polar surface area (TPSA) is 27.1 Å². The number of nitrogens with zero attached hydrogens (tertiary/aromatic N) is 1. The Hall–Kier alpha value is -1.31. The highest BCUT2D eigenvalue weighted by Gasteiger charge is 2.25. The van der Waals surface area contributed by atoms with Crippen molar-refractivity contribution in [2.24, 2.45) is 5.92 Å². The molecule has 0 aromatic heterocycles. The average Bonchev–Trinajstić information content (AvgIpc) is 2.70. The van der Waals surface area contributed by atoms with Crippen molar-refractivity contribution in [2.75, 3.05) is 11.4 Å². The molecule has 2 aliphatic rings. The van der Waals surface area contributed by atoms with Crippen LogP contribution >= 0.6 is 0 Å². The predicted molar refractivity (Wildman–Crippen MR) is 81.0 cm³/mol. The first-order valence-corrected chi connectivity index (χ1v) is 7.80. The Bertz CT molecular complexity index is 446. The Labute approximate surface area is 116 Å². The molecule has 102 valence electrons. The molecule has 0 amide bonds. The van der Waals surface area contributed by atoms with Gasteiger partial charge in [-0.2, -0.15) is 0 Å². The molecule has 0 spiro atoms. The Morgan fingerprint density at radius 3 is 2.63 bits per heavy atom. The van der Waals surface area contributed by atoms with Gasteiger partial charge in [0, 0.05) is 18.2 Å². The van der Waals surface area contributed by atoms with E-state index in [0.717, 1.165) is 12.4 Å². The number of hydrogen-bond acceptors (Lipinski definition) is 1. The first kappa shape index (κ1) is 12.7. The minimum atomic E-state index is 0.500. The number of para-hydroxylation sites is 1. The van der Waals surface area contributed by atoms with Gasteiger partial charge in [-0.1, -0.05) is 37.5 Å². The third-order valence-electron chi connectivity index (χ3n) is 4.64. The second-order valence-corrected chi connectivity index (χ2v) is 5.96. The van der Waals surface area contributed by atoms with Gasteiger partial charge < -0.3 is 4.90 Å². The van der Waals surface area contributed by atoms with E-state index in [9.17, 15) is 0 Å².